The number of hydrogen-bond donors (Lipinski definition) is 0. The molecule has 0 spiro atoms. The van der Waals surface area contributed by atoms with Crippen molar-refractivity contribution in [3.8, 4) is 0 Å². The molecule has 0 heterocycles. The number of hydrogen-bond acceptors (Lipinski definition) is 1. The Morgan fingerprint density at radius 2 is 1.72 bits per heavy atom. The predicted molar refractivity (Wildman–Crippen MR) is 116 cm³/mol. The maximum absolute atomic E-state index is 4.07. The first kappa shape index (κ1) is 23.2. The first-order valence-corrected chi connectivity index (χ1v) is 9.74. The molecular formula is C24H39N. The molecule has 25 heavy (non-hydrogen) atoms. The van der Waals surface area contributed by atoms with Crippen LogP contribution in [0.4, 0.5) is 0 Å². The molecule has 0 aliphatic heterocycles. The zero-order chi connectivity index (χ0) is 18.9. The molecule has 1 nitrogen and oxygen atoms in total. The van der Waals surface area contributed by atoms with Crippen molar-refractivity contribution in [2.24, 2.45) is 0 Å². The fraction of sp³-hybridized carbons (Fsp3) is 0.500. The minimum absolute atomic E-state index is 0.815. The van der Waals surface area contributed by atoms with E-state index in [0.717, 1.165) is 25.1 Å². The lowest BCUT2D eigenvalue weighted by Crippen LogP contribution is -2.19. The van der Waals surface area contributed by atoms with E-state index in [1.807, 2.05) is 25.3 Å². The predicted octanol–water partition coefficient (Wildman–Crippen LogP) is 7.37. The van der Waals surface area contributed by atoms with Gasteiger partial charge in [-0.15, -0.1) is 0 Å². The number of rotatable bonds is 15. The van der Waals surface area contributed by atoms with Crippen LogP contribution in [0, 0.1) is 0 Å². The average Bonchev–Trinajstić information content (AvgIpc) is 2.60. The topological polar surface area (TPSA) is 3.24 Å². The van der Waals surface area contributed by atoms with Crippen molar-refractivity contribution in [1.29, 1.82) is 0 Å². The summed E-state index contributed by atoms with van der Waals surface area (Å²) >= 11 is 0. The molecule has 0 fully saturated rings. The summed E-state index contributed by atoms with van der Waals surface area (Å²) in [5, 5.41) is 0. The number of allylic oxidation sites excluding steroid dienone is 5. The smallest absolute Gasteiger partial charge is 0.0421 e. The third-order valence-corrected chi connectivity index (χ3v) is 4.32. The van der Waals surface area contributed by atoms with Gasteiger partial charge in [-0.25, -0.2) is 0 Å². The third-order valence-electron chi connectivity index (χ3n) is 4.32. The van der Waals surface area contributed by atoms with Crippen LogP contribution in [0.5, 0.6) is 0 Å². The molecule has 0 saturated heterocycles. The van der Waals surface area contributed by atoms with E-state index in [1.165, 1.54) is 49.7 Å². The Bertz CT molecular complexity index is 476. The van der Waals surface area contributed by atoms with Gasteiger partial charge < -0.3 is 4.90 Å². The van der Waals surface area contributed by atoms with E-state index in [2.05, 4.69) is 56.7 Å². The molecule has 0 aromatic rings. The molecule has 0 aliphatic carbocycles. The van der Waals surface area contributed by atoms with Crippen LogP contribution >= 0.6 is 0 Å². The van der Waals surface area contributed by atoms with E-state index in [-0.39, 0.29) is 0 Å². The zero-order valence-electron chi connectivity index (χ0n) is 16.9. The second-order valence-corrected chi connectivity index (χ2v) is 6.60. The van der Waals surface area contributed by atoms with E-state index in [4.69, 9.17) is 0 Å². The molecule has 0 saturated carbocycles. The maximum Gasteiger partial charge on any atom is 0.0421 e. The Kier molecular flexibility index (Phi) is 14.6. The molecule has 0 unspecified atom stereocenters. The molecule has 0 aromatic carbocycles. The maximum atomic E-state index is 4.07. The SMILES string of the molecule is C=C/C=C(CCCCCCCC)\C(C)=C\CN(C=C)CC(=C)/C=C\C. The van der Waals surface area contributed by atoms with Crippen molar-refractivity contribution in [2.75, 3.05) is 13.1 Å². The molecular weight excluding hydrogens is 302 g/mol. The Balaban J connectivity index is 4.53. The van der Waals surface area contributed by atoms with Gasteiger partial charge in [0.2, 0.25) is 0 Å². The van der Waals surface area contributed by atoms with Gasteiger partial charge in [0.25, 0.3) is 0 Å². The van der Waals surface area contributed by atoms with Crippen LogP contribution in [0.15, 0.2) is 73.0 Å². The lowest BCUT2D eigenvalue weighted by atomic mass is 9.99. The van der Waals surface area contributed by atoms with E-state index in [1.54, 1.807) is 0 Å². The molecule has 0 rings (SSSR count). The van der Waals surface area contributed by atoms with Crippen molar-refractivity contribution >= 4 is 0 Å². The van der Waals surface area contributed by atoms with Gasteiger partial charge in [0.1, 0.15) is 0 Å². The van der Waals surface area contributed by atoms with Crippen LogP contribution in [0.1, 0.15) is 65.7 Å². The van der Waals surface area contributed by atoms with E-state index >= 15 is 0 Å². The second-order valence-electron chi connectivity index (χ2n) is 6.60. The third kappa shape index (κ3) is 12.3. The molecule has 0 aromatic heterocycles. The van der Waals surface area contributed by atoms with Gasteiger partial charge in [-0.1, -0.05) is 94.7 Å². The highest BCUT2D eigenvalue weighted by molar-refractivity contribution is 5.32. The molecule has 140 valence electrons. The van der Waals surface area contributed by atoms with Gasteiger partial charge in [-0.2, -0.15) is 0 Å². The van der Waals surface area contributed by atoms with Crippen LogP contribution in [-0.4, -0.2) is 18.0 Å². The largest absolute Gasteiger partial charge is 0.370 e. The fourth-order valence-electron chi connectivity index (χ4n) is 2.79. The highest BCUT2D eigenvalue weighted by Crippen LogP contribution is 2.19. The molecule has 0 radical (unpaired) electrons. The van der Waals surface area contributed by atoms with Gasteiger partial charge in [0, 0.05) is 13.1 Å². The van der Waals surface area contributed by atoms with Gasteiger partial charge in [0.15, 0.2) is 0 Å². The minimum Gasteiger partial charge on any atom is -0.370 e. The van der Waals surface area contributed by atoms with Crippen LogP contribution < -0.4 is 0 Å². The first-order valence-electron chi connectivity index (χ1n) is 9.74. The Hall–Kier alpha value is -1.76. The van der Waals surface area contributed by atoms with Gasteiger partial charge >= 0.3 is 0 Å². The normalized spacial score (nSPS) is 12.4. The molecule has 0 amide bonds. The van der Waals surface area contributed by atoms with Crippen molar-refractivity contribution in [2.45, 2.75) is 65.7 Å². The highest BCUT2D eigenvalue weighted by atomic mass is 15.1. The number of unbranched alkanes of at least 4 members (excludes halogenated alkanes) is 5. The summed E-state index contributed by atoms with van der Waals surface area (Å²) in [4.78, 5) is 2.18. The summed E-state index contributed by atoms with van der Waals surface area (Å²) in [7, 11) is 0. The highest BCUT2D eigenvalue weighted by Gasteiger charge is 2.02. The first-order chi connectivity index (χ1) is 12.1. The quantitative estimate of drug-likeness (QED) is 0.222. The molecule has 0 bridgehead atoms. The summed E-state index contributed by atoms with van der Waals surface area (Å²) in [5.41, 5.74) is 3.85. The second kappa shape index (κ2) is 15.7. The van der Waals surface area contributed by atoms with Crippen molar-refractivity contribution in [3.63, 3.8) is 0 Å². The molecule has 0 atom stereocenters. The molecule has 0 aliphatic rings. The van der Waals surface area contributed by atoms with Crippen LogP contribution in [-0.2, 0) is 0 Å². The summed E-state index contributed by atoms with van der Waals surface area (Å²) < 4.78 is 0. The minimum atomic E-state index is 0.815. The van der Waals surface area contributed by atoms with Crippen LogP contribution in [0.25, 0.3) is 0 Å². The summed E-state index contributed by atoms with van der Waals surface area (Å²) in [6.45, 7) is 20.0. The van der Waals surface area contributed by atoms with Crippen LogP contribution in [0.3, 0.4) is 0 Å². The van der Waals surface area contributed by atoms with Gasteiger partial charge in [-0.3, -0.25) is 0 Å². The Morgan fingerprint density at radius 3 is 2.32 bits per heavy atom. The summed E-state index contributed by atoms with van der Waals surface area (Å²) in [5.74, 6) is 0. The van der Waals surface area contributed by atoms with Gasteiger partial charge in [0.05, 0.1) is 0 Å². The van der Waals surface area contributed by atoms with Crippen molar-refractivity contribution in [1.82, 2.24) is 4.90 Å². The van der Waals surface area contributed by atoms with Gasteiger partial charge in [-0.05, 0) is 44.0 Å². The molecule has 1 heteroatoms. The van der Waals surface area contributed by atoms with Crippen molar-refractivity contribution < 1.29 is 0 Å². The fourth-order valence-corrected chi connectivity index (χ4v) is 2.79. The Labute approximate surface area is 157 Å². The zero-order valence-corrected chi connectivity index (χ0v) is 16.9. The standard InChI is InChI=1S/C24H39N/c1-7-11-12-13-14-15-18-24(17-9-3)23(6)19-20-25(10-4)21-22(5)16-8-2/h8-10,16-17,19H,3-5,7,11-15,18,20-21H2,1-2,6H3/b16-8-,23-19+,24-17-. The van der Waals surface area contributed by atoms with E-state index < -0.39 is 0 Å². The summed E-state index contributed by atoms with van der Waals surface area (Å²) in [6, 6.07) is 0. The van der Waals surface area contributed by atoms with Crippen LogP contribution in [0.2, 0.25) is 0 Å². The molecule has 0 N–H and O–H groups in total. The van der Waals surface area contributed by atoms with Crippen molar-refractivity contribution in [3.05, 3.63) is 73.0 Å². The monoisotopic (exact) mass is 341 g/mol. The van der Waals surface area contributed by atoms with E-state index in [9.17, 15) is 0 Å². The summed E-state index contributed by atoms with van der Waals surface area (Å²) in [6.07, 6.45) is 21.4. The van der Waals surface area contributed by atoms with E-state index in [0.29, 0.717) is 0 Å². The Morgan fingerprint density at radius 1 is 1.04 bits per heavy atom. The number of nitrogens with zero attached hydrogens (tertiary/aromatic N) is 1. The lowest BCUT2D eigenvalue weighted by molar-refractivity contribution is 0.455. The average molecular weight is 342 g/mol. The lowest BCUT2D eigenvalue weighted by Gasteiger charge is -2.19.